The zero-order valence-electron chi connectivity index (χ0n) is 20.5. The van der Waals surface area contributed by atoms with Gasteiger partial charge in [-0.3, -0.25) is 4.79 Å². The fourth-order valence-electron chi connectivity index (χ4n) is 4.47. The first kappa shape index (κ1) is 24.6. The molecular weight excluding hydrogens is 495 g/mol. The van der Waals surface area contributed by atoms with Crippen molar-refractivity contribution in [2.75, 3.05) is 45.3 Å². The van der Waals surface area contributed by atoms with Crippen LogP contribution in [0.1, 0.15) is 10.5 Å². The van der Waals surface area contributed by atoms with Crippen molar-refractivity contribution in [2.45, 2.75) is 0 Å². The summed E-state index contributed by atoms with van der Waals surface area (Å²) in [6.45, 7) is 2.36. The van der Waals surface area contributed by atoms with E-state index >= 15 is 0 Å². The van der Waals surface area contributed by atoms with E-state index in [1.165, 1.54) is 12.1 Å². The van der Waals surface area contributed by atoms with Crippen molar-refractivity contribution in [3.8, 4) is 28.4 Å². The molecule has 2 heterocycles. The van der Waals surface area contributed by atoms with E-state index in [0.29, 0.717) is 65.3 Å². The van der Waals surface area contributed by atoms with Crippen molar-refractivity contribution < 1.29 is 18.7 Å². The number of rotatable bonds is 6. The number of nitrogens with zero attached hydrogens (tertiary/aromatic N) is 4. The van der Waals surface area contributed by atoms with Crippen molar-refractivity contribution in [3.05, 3.63) is 89.3 Å². The lowest BCUT2D eigenvalue weighted by Crippen LogP contribution is -2.49. The second kappa shape index (κ2) is 10.5. The number of hydrogen-bond donors (Lipinski definition) is 0. The lowest BCUT2D eigenvalue weighted by Gasteiger charge is -2.36. The normalized spacial score (nSPS) is 13.5. The van der Waals surface area contributed by atoms with Crippen molar-refractivity contribution >= 4 is 23.2 Å². The number of carbonyl (C=O) groups excluding carboxylic acids is 1. The van der Waals surface area contributed by atoms with Crippen LogP contribution in [0.2, 0.25) is 5.02 Å². The standard InChI is InChI=1S/C28H26ClFN4O3/c1-36-21-11-12-22(27(17-21)37-2)24-18-26(34(31-24)20-9-7-19(30)8-10-20)28(35)33-15-13-32(14-16-33)25-6-4-3-5-23(25)29/h3-12,17-18H,13-16H2,1-2H3. The maximum Gasteiger partial charge on any atom is 0.272 e. The number of hydrogen-bond acceptors (Lipinski definition) is 5. The quantitative estimate of drug-likeness (QED) is 0.345. The third kappa shape index (κ3) is 4.97. The molecule has 1 aliphatic heterocycles. The Hall–Kier alpha value is -4.04. The Morgan fingerprint density at radius 2 is 1.65 bits per heavy atom. The second-order valence-electron chi connectivity index (χ2n) is 8.60. The van der Waals surface area contributed by atoms with Gasteiger partial charge in [0.25, 0.3) is 5.91 Å². The summed E-state index contributed by atoms with van der Waals surface area (Å²) >= 11 is 6.38. The van der Waals surface area contributed by atoms with Gasteiger partial charge in [-0.1, -0.05) is 23.7 Å². The molecule has 1 aromatic heterocycles. The highest BCUT2D eigenvalue weighted by atomic mass is 35.5. The van der Waals surface area contributed by atoms with Gasteiger partial charge in [-0.15, -0.1) is 0 Å². The number of anilines is 1. The van der Waals surface area contributed by atoms with E-state index in [0.717, 1.165) is 5.69 Å². The number of aromatic nitrogens is 2. The van der Waals surface area contributed by atoms with Gasteiger partial charge in [0.15, 0.2) is 0 Å². The maximum absolute atomic E-state index is 13.8. The molecule has 0 atom stereocenters. The van der Waals surface area contributed by atoms with Crippen LogP contribution in [0.4, 0.5) is 10.1 Å². The van der Waals surface area contributed by atoms with E-state index in [-0.39, 0.29) is 11.7 Å². The molecular formula is C28H26ClFN4O3. The molecule has 0 N–H and O–H groups in total. The molecule has 5 rings (SSSR count). The fraction of sp³-hybridized carbons (Fsp3) is 0.214. The lowest BCUT2D eigenvalue weighted by molar-refractivity contribution is 0.0737. The molecule has 37 heavy (non-hydrogen) atoms. The first-order valence-corrected chi connectivity index (χ1v) is 12.2. The third-order valence-corrected chi connectivity index (χ3v) is 6.76. The SMILES string of the molecule is COc1ccc(-c2cc(C(=O)N3CCN(c4ccccc4Cl)CC3)n(-c3ccc(F)cc3)n2)c(OC)c1. The average molecular weight is 521 g/mol. The van der Waals surface area contributed by atoms with Gasteiger partial charge in [-0.05, 0) is 54.6 Å². The van der Waals surface area contributed by atoms with Crippen molar-refractivity contribution in [3.63, 3.8) is 0 Å². The molecule has 1 fully saturated rings. The van der Waals surface area contributed by atoms with Gasteiger partial charge in [0.05, 0.1) is 36.3 Å². The third-order valence-electron chi connectivity index (χ3n) is 6.44. The Morgan fingerprint density at radius 3 is 2.32 bits per heavy atom. The summed E-state index contributed by atoms with van der Waals surface area (Å²) < 4.78 is 26.1. The molecule has 4 aromatic rings. The molecule has 1 aliphatic rings. The zero-order chi connectivity index (χ0) is 25.9. The first-order chi connectivity index (χ1) is 18.0. The molecule has 0 spiro atoms. The first-order valence-electron chi connectivity index (χ1n) is 11.9. The molecule has 0 saturated carbocycles. The number of halogens is 2. The Labute approximate surface area is 219 Å². The van der Waals surface area contributed by atoms with E-state index in [9.17, 15) is 9.18 Å². The molecule has 190 valence electrons. The number of methoxy groups -OCH3 is 2. The molecule has 0 bridgehead atoms. The van der Waals surface area contributed by atoms with Crippen LogP contribution in [0.15, 0.2) is 72.8 Å². The van der Waals surface area contributed by atoms with Crippen molar-refractivity contribution in [2.24, 2.45) is 0 Å². The monoisotopic (exact) mass is 520 g/mol. The van der Waals surface area contributed by atoms with E-state index in [1.807, 2.05) is 36.4 Å². The van der Waals surface area contributed by atoms with E-state index in [2.05, 4.69) is 4.90 Å². The van der Waals surface area contributed by atoms with Crippen LogP contribution in [-0.2, 0) is 0 Å². The molecule has 9 heteroatoms. The predicted molar refractivity (Wildman–Crippen MR) is 142 cm³/mol. The van der Waals surface area contributed by atoms with E-state index in [1.54, 1.807) is 48.1 Å². The smallest absolute Gasteiger partial charge is 0.272 e. The highest BCUT2D eigenvalue weighted by molar-refractivity contribution is 6.33. The number of carbonyl (C=O) groups is 1. The van der Waals surface area contributed by atoms with Crippen LogP contribution in [0.3, 0.4) is 0 Å². The number of piperazine rings is 1. The van der Waals surface area contributed by atoms with Gasteiger partial charge in [-0.2, -0.15) is 5.10 Å². The average Bonchev–Trinajstić information content (AvgIpc) is 3.38. The van der Waals surface area contributed by atoms with Crippen molar-refractivity contribution in [1.82, 2.24) is 14.7 Å². The topological polar surface area (TPSA) is 59.8 Å². The van der Waals surface area contributed by atoms with Crippen LogP contribution >= 0.6 is 11.6 Å². The highest BCUT2D eigenvalue weighted by Gasteiger charge is 2.27. The summed E-state index contributed by atoms with van der Waals surface area (Å²) in [6, 6.07) is 20.8. The number of ether oxygens (including phenoxy) is 2. The largest absolute Gasteiger partial charge is 0.497 e. The van der Waals surface area contributed by atoms with Gasteiger partial charge in [0.1, 0.15) is 23.0 Å². The van der Waals surface area contributed by atoms with Crippen LogP contribution in [0, 0.1) is 5.82 Å². The molecule has 3 aromatic carbocycles. The van der Waals surface area contributed by atoms with Crippen LogP contribution < -0.4 is 14.4 Å². The minimum Gasteiger partial charge on any atom is -0.497 e. The molecule has 0 radical (unpaired) electrons. The van der Waals surface area contributed by atoms with Gasteiger partial charge in [0.2, 0.25) is 0 Å². The second-order valence-corrected chi connectivity index (χ2v) is 9.01. The van der Waals surface area contributed by atoms with E-state index < -0.39 is 0 Å². The Balaban J connectivity index is 1.47. The van der Waals surface area contributed by atoms with Gasteiger partial charge in [-0.25, -0.2) is 9.07 Å². The Morgan fingerprint density at radius 1 is 0.919 bits per heavy atom. The molecule has 0 unspecified atom stereocenters. The van der Waals surface area contributed by atoms with Crippen LogP contribution in [0.5, 0.6) is 11.5 Å². The summed E-state index contributed by atoms with van der Waals surface area (Å²) in [5, 5.41) is 5.42. The van der Waals surface area contributed by atoms with Gasteiger partial charge >= 0.3 is 0 Å². The molecule has 1 saturated heterocycles. The number of amides is 1. The zero-order valence-corrected chi connectivity index (χ0v) is 21.3. The number of benzene rings is 3. The van der Waals surface area contributed by atoms with Crippen LogP contribution in [-0.4, -0.2) is 61.0 Å². The fourth-order valence-corrected chi connectivity index (χ4v) is 4.73. The predicted octanol–water partition coefficient (Wildman–Crippen LogP) is 5.31. The van der Waals surface area contributed by atoms with Crippen LogP contribution in [0.25, 0.3) is 16.9 Å². The summed E-state index contributed by atoms with van der Waals surface area (Å²) in [6.07, 6.45) is 0. The summed E-state index contributed by atoms with van der Waals surface area (Å²) in [5.74, 6) is 0.688. The van der Waals surface area contributed by atoms with Gasteiger partial charge < -0.3 is 19.3 Å². The Kier molecular flexibility index (Phi) is 7.01. The summed E-state index contributed by atoms with van der Waals surface area (Å²) in [4.78, 5) is 17.7. The maximum atomic E-state index is 13.8. The van der Waals surface area contributed by atoms with Crippen molar-refractivity contribution in [1.29, 1.82) is 0 Å². The van der Waals surface area contributed by atoms with E-state index in [4.69, 9.17) is 26.2 Å². The summed E-state index contributed by atoms with van der Waals surface area (Å²) in [7, 11) is 3.15. The lowest BCUT2D eigenvalue weighted by atomic mass is 10.1. The minimum atomic E-state index is -0.364. The highest BCUT2D eigenvalue weighted by Crippen LogP contribution is 2.34. The molecule has 0 aliphatic carbocycles. The summed E-state index contributed by atoms with van der Waals surface area (Å²) in [5.41, 5.74) is 3.19. The molecule has 1 amide bonds. The Bertz CT molecular complexity index is 1420. The van der Waals surface area contributed by atoms with Gasteiger partial charge in [0, 0.05) is 37.8 Å². The molecule has 7 nitrogen and oxygen atoms in total. The number of para-hydroxylation sites is 1. The minimum absolute atomic E-state index is 0.158.